The van der Waals surface area contributed by atoms with Crippen molar-refractivity contribution in [2.45, 2.75) is 51.6 Å². The van der Waals surface area contributed by atoms with E-state index >= 15 is 0 Å². The van der Waals surface area contributed by atoms with Gasteiger partial charge in [-0.1, -0.05) is 19.9 Å². The molecule has 2 aliphatic rings. The Hall–Kier alpha value is -1.60. The topological polar surface area (TPSA) is 60.0 Å². The summed E-state index contributed by atoms with van der Waals surface area (Å²) in [4.78, 5) is 22.3. The lowest BCUT2D eigenvalue weighted by Crippen LogP contribution is -2.48. The highest BCUT2D eigenvalue weighted by molar-refractivity contribution is 7.10. The first-order valence-corrected chi connectivity index (χ1v) is 11.5. The smallest absolute Gasteiger partial charge is 0.222 e. The summed E-state index contributed by atoms with van der Waals surface area (Å²) in [5, 5.41) is 9.23. The third-order valence-corrected chi connectivity index (χ3v) is 6.97. The van der Waals surface area contributed by atoms with Gasteiger partial charge in [-0.3, -0.25) is 14.7 Å². The maximum atomic E-state index is 11.9. The van der Waals surface area contributed by atoms with Gasteiger partial charge in [-0.05, 0) is 49.7 Å². The van der Waals surface area contributed by atoms with Crippen molar-refractivity contribution in [1.29, 1.82) is 0 Å². The van der Waals surface area contributed by atoms with Crippen LogP contribution in [0.4, 0.5) is 0 Å². The molecule has 7 heteroatoms. The summed E-state index contributed by atoms with van der Waals surface area (Å²) in [5.74, 6) is 1.91. The van der Waals surface area contributed by atoms with Gasteiger partial charge in [0.05, 0.1) is 6.04 Å². The number of piperidine rings is 1. The summed E-state index contributed by atoms with van der Waals surface area (Å²) in [6, 6.07) is 5.05. The van der Waals surface area contributed by atoms with Crippen molar-refractivity contribution in [3.05, 3.63) is 22.4 Å². The first-order chi connectivity index (χ1) is 13.6. The van der Waals surface area contributed by atoms with Gasteiger partial charge in [0.2, 0.25) is 5.91 Å². The minimum atomic E-state index is 0.240. The second-order valence-electron chi connectivity index (χ2n) is 8.03. The summed E-state index contributed by atoms with van der Waals surface area (Å²) >= 11 is 1.84. The Bertz CT molecular complexity index is 639. The predicted molar refractivity (Wildman–Crippen MR) is 117 cm³/mol. The molecule has 0 aliphatic carbocycles. The number of rotatable bonds is 6. The third kappa shape index (κ3) is 5.47. The number of amides is 1. The molecule has 2 unspecified atom stereocenters. The van der Waals surface area contributed by atoms with Crippen molar-refractivity contribution in [3.8, 4) is 0 Å². The fourth-order valence-electron chi connectivity index (χ4n) is 4.14. The highest BCUT2D eigenvalue weighted by Gasteiger charge is 2.28. The number of carbonyl (C=O) groups is 1. The molecule has 0 saturated carbocycles. The minimum absolute atomic E-state index is 0.240. The molecule has 0 bridgehead atoms. The maximum Gasteiger partial charge on any atom is 0.222 e. The molecule has 2 saturated heterocycles. The average Bonchev–Trinajstić information content (AvgIpc) is 3.40. The molecule has 2 fully saturated rings. The summed E-state index contributed by atoms with van der Waals surface area (Å²) in [6.45, 7) is 9.06. The number of guanidine groups is 1. The lowest BCUT2D eigenvalue weighted by molar-refractivity contribution is -0.129. The first kappa shape index (κ1) is 21.1. The van der Waals surface area contributed by atoms with Crippen molar-refractivity contribution in [2.24, 2.45) is 10.9 Å². The van der Waals surface area contributed by atoms with Crippen LogP contribution in [0.15, 0.2) is 22.5 Å². The lowest BCUT2D eigenvalue weighted by atomic mass is 9.97. The molecule has 0 spiro atoms. The molecule has 1 amide bonds. The number of likely N-dealkylation sites (tertiary alicyclic amines) is 2. The number of hydrogen-bond donors (Lipinski definition) is 2. The predicted octanol–water partition coefficient (Wildman–Crippen LogP) is 2.70. The first-order valence-electron chi connectivity index (χ1n) is 10.6. The van der Waals surface area contributed by atoms with Crippen LogP contribution in [-0.4, -0.2) is 67.5 Å². The van der Waals surface area contributed by atoms with Gasteiger partial charge in [-0.25, -0.2) is 0 Å². The summed E-state index contributed by atoms with van der Waals surface area (Å²) in [5.41, 5.74) is 0. The van der Waals surface area contributed by atoms with E-state index in [1.54, 1.807) is 0 Å². The van der Waals surface area contributed by atoms with Crippen LogP contribution < -0.4 is 10.6 Å². The maximum absolute atomic E-state index is 11.9. The van der Waals surface area contributed by atoms with Crippen LogP contribution in [0.5, 0.6) is 0 Å². The van der Waals surface area contributed by atoms with Gasteiger partial charge in [0.15, 0.2) is 5.96 Å². The van der Waals surface area contributed by atoms with E-state index in [1.165, 1.54) is 17.7 Å². The second-order valence-corrected chi connectivity index (χ2v) is 9.01. The molecule has 3 heterocycles. The van der Waals surface area contributed by atoms with Gasteiger partial charge in [-0.15, -0.1) is 11.3 Å². The van der Waals surface area contributed by atoms with Crippen LogP contribution >= 0.6 is 11.3 Å². The molecule has 2 N–H and O–H groups in total. The molecule has 1 aromatic rings. The molecular formula is C21H35N5OS. The van der Waals surface area contributed by atoms with E-state index in [1.807, 2.05) is 30.2 Å². The van der Waals surface area contributed by atoms with Crippen LogP contribution in [0.2, 0.25) is 0 Å². The zero-order valence-electron chi connectivity index (χ0n) is 17.5. The number of hydrogen-bond acceptors (Lipinski definition) is 4. The van der Waals surface area contributed by atoms with Gasteiger partial charge in [0.25, 0.3) is 0 Å². The van der Waals surface area contributed by atoms with Crippen molar-refractivity contribution in [1.82, 2.24) is 20.4 Å². The molecule has 3 rings (SSSR count). The average molecular weight is 406 g/mol. The quantitative estimate of drug-likeness (QED) is 0.564. The molecular weight excluding hydrogens is 370 g/mol. The van der Waals surface area contributed by atoms with Gasteiger partial charge in [0, 0.05) is 44.0 Å². The highest BCUT2D eigenvalue weighted by Crippen LogP contribution is 2.29. The Morgan fingerprint density at radius 2 is 2.11 bits per heavy atom. The zero-order valence-corrected chi connectivity index (χ0v) is 18.3. The molecule has 1 aromatic heterocycles. The van der Waals surface area contributed by atoms with E-state index in [0.717, 1.165) is 51.0 Å². The Morgan fingerprint density at radius 1 is 1.32 bits per heavy atom. The molecule has 0 aromatic carbocycles. The number of aliphatic imine (C=N–C) groups is 1. The number of thiophene rings is 1. The molecule has 0 radical (unpaired) electrons. The zero-order chi connectivity index (χ0) is 19.9. The van der Waals surface area contributed by atoms with E-state index in [2.05, 4.69) is 45.0 Å². The fraction of sp³-hybridized carbons (Fsp3) is 0.714. The van der Waals surface area contributed by atoms with Crippen LogP contribution in [0.25, 0.3) is 0 Å². The van der Waals surface area contributed by atoms with Crippen molar-refractivity contribution < 1.29 is 4.79 Å². The Balaban J connectivity index is 1.55. The molecule has 28 heavy (non-hydrogen) atoms. The third-order valence-electron chi connectivity index (χ3n) is 6.00. The molecule has 2 aliphatic heterocycles. The summed E-state index contributed by atoms with van der Waals surface area (Å²) in [6.07, 6.45) is 4.11. The monoisotopic (exact) mass is 405 g/mol. The molecule has 2 atom stereocenters. The second kappa shape index (κ2) is 10.3. The SMILES string of the molecule is CCC(=O)N1CCC(NC(=NC)NCC(c2cccs2)N2CCC(C)CC2)C1. The van der Waals surface area contributed by atoms with Crippen LogP contribution in [0.1, 0.15) is 50.4 Å². The lowest BCUT2D eigenvalue weighted by Gasteiger charge is -2.36. The van der Waals surface area contributed by atoms with Gasteiger partial charge >= 0.3 is 0 Å². The summed E-state index contributed by atoms with van der Waals surface area (Å²) in [7, 11) is 1.82. The summed E-state index contributed by atoms with van der Waals surface area (Å²) < 4.78 is 0. The number of nitrogens with zero attached hydrogens (tertiary/aromatic N) is 3. The van der Waals surface area contributed by atoms with E-state index in [-0.39, 0.29) is 11.9 Å². The van der Waals surface area contributed by atoms with Crippen LogP contribution in [0, 0.1) is 5.92 Å². The van der Waals surface area contributed by atoms with E-state index in [0.29, 0.717) is 12.5 Å². The molecule has 6 nitrogen and oxygen atoms in total. The standard InChI is InChI=1S/C21H35N5OS/c1-4-20(27)26-12-9-17(15-26)24-21(22-3)23-14-18(19-6-5-13-28-19)25-10-7-16(2)8-11-25/h5-6,13,16-18H,4,7-12,14-15H2,1-3H3,(H2,22,23,24). The number of carbonyl (C=O) groups excluding carboxylic acids is 1. The van der Waals surface area contributed by atoms with E-state index in [4.69, 9.17) is 0 Å². The van der Waals surface area contributed by atoms with Crippen LogP contribution in [-0.2, 0) is 4.79 Å². The Labute approximate surface area is 173 Å². The number of nitrogens with one attached hydrogen (secondary N) is 2. The Kier molecular flexibility index (Phi) is 7.73. The Morgan fingerprint density at radius 3 is 2.75 bits per heavy atom. The van der Waals surface area contributed by atoms with Gasteiger partial charge < -0.3 is 15.5 Å². The van der Waals surface area contributed by atoms with Crippen molar-refractivity contribution >= 4 is 23.2 Å². The highest BCUT2D eigenvalue weighted by atomic mass is 32.1. The largest absolute Gasteiger partial charge is 0.354 e. The van der Waals surface area contributed by atoms with Crippen LogP contribution in [0.3, 0.4) is 0 Å². The normalized spacial score (nSPS) is 23.0. The molecule has 156 valence electrons. The van der Waals surface area contributed by atoms with Gasteiger partial charge in [0.1, 0.15) is 0 Å². The van der Waals surface area contributed by atoms with E-state index < -0.39 is 0 Å². The van der Waals surface area contributed by atoms with Crippen molar-refractivity contribution in [3.63, 3.8) is 0 Å². The van der Waals surface area contributed by atoms with Gasteiger partial charge in [-0.2, -0.15) is 0 Å². The minimum Gasteiger partial charge on any atom is -0.354 e. The fourth-order valence-corrected chi connectivity index (χ4v) is 5.00. The van der Waals surface area contributed by atoms with E-state index in [9.17, 15) is 4.79 Å². The van der Waals surface area contributed by atoms with Crippen molar-refractivity contribution in [2.75, 3.05) is 39.8 Å².